The molecule has 2 aliphatic heterocycles. The Morgan fingerprint density at radius 1 is 1.00 bits per heavy atom. The molecule has 0 radical (unpaired) electrons. The number of rotatable bonds is 4. The number of nitrogens with one attached hydrogen (secondary N) is 1. The third kappa shape index (κ3) is 7.40. The van der Waals surface area contributed by atoms with Gasteiger partial charge in [-0.1, -0.05) is 0 Å². The van der Waals surface area contributed by atoms with Crippen molar-refractivity contribution in [1.29, 1.82) is 0 Å². The van der Waals surface area contributed by atoms with Crippen molar-refractivity contribution in [3.05, 3.63) is 0 Å². The lowest BCUT2D eigenvalue weighted by atomic mass is 10.1. The average Bonchev–Trinajstić information content (AvgIpc) is 2.86. The summed E-state index contributed by atoms with van der Waals surface area (Å²) in [5, 5.41) is 2.60. The topological polar surface area (TPSA) is 99.3 Å². The van der Waals surface area contributed by atoms with Crippen LogP contribution < -0.4 is 5.32 Å². The fraction of sp³-hybridized carbons (Fsp3) is 0.818. The molecule has 2 rings (SSSR count). The van der Waals surface area contributed by atoms with Gasteiger partial charge < -0.3 is 24.8 Å². The Bertz CT molecular complexity index is 695. The summed E-state index contributed by atoms with van der Waals surface area (Å²) in [4.78, 5) is 54.8. The quantitative estimate of drug-likeness (QED) is 0.719. The number of carbonyl (C=O) groups is 4. The van der Waals surface area contributed by atoms with Gasteiger partial charge in [0.15, 0.2) is 0 Å². The van der Waals surface area contributed by atoms with Gasteiger partial charge in [-0.05, 0) is 48.0 Å². The first kappa shape index (κ1) is 24.9. The van der Waals surface area contributed by atoms with E-state index >= 15 is 0 Å². The smallest absolute Gasteiger partial charge is 0.407 e. The summed E-state index contributed by atoms with van der Waals surface area (Å²) in [7, 11) is 0. The Morgan fingerprint density at radius 2 is 1.61 bits per heavy atom. The fourth-order valence-corrected chi connectivity index (χ4v) is 3.91. The molecule has 31 heavy (non-hydrogen) atoms. The normalized spacial score (nSPS) is 20.5. The fourth-order valence-electron chi connectivity index (χ4n) is 3.91. The van der Waals surface area contributed by atoms with Crippen LogP contribution in [-0.2, 0) is 19.1 Å². The molecule has 1 atom stereocenters. The lowest BCUT2D eigenvalue weighted by Crippen LogP contribution is -2.44. The summed E-state index contributed by atoms with van der Waals surface area (Å²) in [6.45, 7) is 14.0. The highest BCUT2D eigenvalue weighted by Crippen LogP contribution is 2.27. The summed E-state index contributed by atoms with van der Waals surface area (Å²) in [5.41, 5.74) is -0.871. The first-order valence-electron chi connectivity index (χ1n) is 11.1. The van der Waals surface area contributed by atoms with Gasteiger partial charge in [-0.25, -0.2) is 4.79 Å². The number of nitrogens with zero attached hydrogens (tertiary/aromatic N) is 3. The van der Waals surface area contributed by atoms with Crippen LogP contribution in [0.3, 0.4) is 0 Å². The van der Waals surface area contributed by atoms with Gasteiger partial charge in [0.25, 0.3) is 0 Å². The van der Waals surface area contributed by atoms with Gasteiger partial charge in [0.05, 0.1) is 5.92 Å². The largest absolute Gasteiger partial charge is 0.444 e. The van der Waals surface area contributed by atoms with Crippen LogP contribution in [0, 0.1) is 5.92 Å². The van der Waals surface area contributed by atoms with E-state index in [-0.39, 0.29) is 48.6 Å². The molecule has 0 bridgehead atoms. The molecular weight excluding hydrogens is 400 g/mol. The predicted molar refractivity (Wildman–Crippen MR) is 116 cm³/mol. The molecule has 0 aromatic carbocycles. The zero-order valence-electron chi connectivity index (χ0n) is 19.8. The molecule has 0 aromatic rings. The second kappa shape index (κ2) is 9.87. The van der Waals surface area contributed by atoms with Crippen LogP contribution in [-0.4, -0.2) is 88.9 Å². The van der Waals surface area contributed by atoms with E-state index < -0.39 is 11.7 Å². The van der Waals surface area contributed by atoms with Crippen LogP contribution in [0.1, 0.15) is 60.8 Å². The molecular formula is C22H38N4O5. The molecule has 2 aliphatic rings. The molecule has 0 spiro atoms. The molecule has 2 heterocycles. The summed E-state index contributed by atoms with van der Waals surface area (Å²) in [6.07, 6.45) is 0.597. The van der Waals surface area contributed by atoms with Crippen LogP contribution in [0.5, 0.6) is 0 Å². The molecule has 2 fully saturated rings. The van der Waals surface area contributed by atoms with E-state index in [0.717, 1.165) is 0 Å². The van der Waals surface area contributed by atoms with Crippen LogP contribution in [0.2, 0.25) is 0 Å². The molecule has 9 heteroatoms. The number of hydrogen-bond acceptors (Lipinski definition) is 5. The van der Waals surface area contributed by atoms with Crippen molar-refractivity contribution in [3.8, 4) is 0 Å². The average molecular weight is 439 g/mol. The van der Waals surface area contributed by atoms with Crippen LogP contribution in [0.15, 0.2) is 0 Å². The maximum Gasteiger partial charge on any atom is 0.407 e. The number of alkyl carbamates (subject to hydrolysis) is 1. The number of likely N-dealkylation sites (tertiary alicyclic amines) is 1. The Morgan fingerprint density at radius 3 is 2.19 bits per heavy atom. The van der Waals surface area contributed by atoms with E-state index in [2.05, 4.69) is 5.32 Å². The van der Waals surface area contributed by atoms with Gasteiger partial charge in [-0.2, -0.15) is 0 Å². The predicted octanol–water partition coefficient (Wildman–Crippen LogP) is 1.61. The van der Waals surface area contributed by atoms with Gasteiger partial charge in [0, 0.05) is 57.6 Å². The van der Waals surface area contributed by atoms with Crippen molar-refractivity contribution in [2.75, 3.05) is 39.3 Å². The molecule has 0 aromatic heterocycles. The highest BCUT2D eigenvalue weighted by Gasteiger charge is 2.41. The molecule has 0 saturated carbocycles. The Hall–Kier alpha value is -2.32. The van der Waals surface area contributed by atoms with Crippen molar-refractivity contribution >= 4 is 23.8 Å². The minimum atomic E-state index is -0.581. The molecule has 176 valence electrons. The highest BCUT2D eigenvalue weighted by atomic mass is 16.6. The lowest BCUT2D eigenvalue weighted by molar-refractivity contribution is -0.136. The van der Waals surface area contributed by atoms with E-state index in [0.29, 0.717) is 39.1 Å². The molecule has 1 unspecified atom stereocenters. The first-order chi connectivity index (χ1) is 14.3. The standard InChI is InChI=1S/C22H38N4O5/c1-21(2,3)26-15-16(14-18(26)28)19(29)25-11-7-10-24(12-13-25)17(27)8-9-23-20(30)31-22(4,5)6/h16H,7-15H2,1-6H3,(H,23,30). The van der Waals surface area contributed by atoms with Gasteiger partial charge in [-0.3, -0.25) is 14.4 Å². The molecule has 1 N–H and O–H groups in total. The van der Waals surface area contributed by atoms with Crippen molar-refractivity contribution in [1.82, 2.24) is 20.0 Å². The summed E-state index contributed by atoms with van der Waals surface area (Å²) in [6, 6.07) is 0. The maximum absolute atomic E-state index is 13.0. The number of amides is 4. The molecule has 2 saturated heterocycles. The summed E-state index contributed by atoms with van der Waals surface area (Å²) >= 11 is 0. The van der Waals surface area contributed by atoms with Crippen molar-refractivity contribution in [2.45, 2.75) is 71.9 Å². The SMILES string of the molecule is CC(C)(C)OC(=O)NCCC(=O)N1CCCN(C(=O)C2CC(=O)N(C(C)(C)C)C2)CC1. The first-order valence-corrected chi connectivity index (χ1v) is 11.1. The van der Waals surface area contributed by atoms with E-state index in [4.69, 9.17) is 4.74 Å². The number of hydrogen-bond donors (Lipinski definition) is 1. The van der Waals surface area contributed by atoms with E-state index in [1.54, 1.807) is 35.5 Å². The monoisotopic (exact) mass is 438 g/mol. The number of carbonyl (C=O) groups excluding carboxylic acids is 4. The van der Waals surface area contributed by atoms with Crippen molar-refractivity contribution < 1.29 is 23.9 Å². The molecule has 9 nitrogen and oxygen atoms in total. The molecule has 0 aliphatic carbocycles. The van der Waals surface area contributed by atoms with Crippen molar-refractivity contribution in [3.63, 3.8) is 0 Å². The van der Waals surface area contributed by atoms with E-state index in [1.807, 2.05) is 20.8 Å². The minimum absolute atomic E-state index is 0.000918. The minimum Gasteiger partial charge on any atom is -0.444 e. The zero-order chi connectivity index (χ0) is 23.4. The Balaban J connectivity index is 1.80. The highest BCUT2D eigenvalue weighted by molar-refractivity contribution is 5.89. The van der Waals surface area contributed by atoms with Gasteiger partial charge in [-0.15, -0.1) is 0 Å². The zero-order valence-corrected chi connectivity index (χ0v) is 19.8. The van der Waals surface area contributed by atoms with Gasteiger partial charge in [0.1, 0.15) is 5.60 Å². The Kier molecular flexibility index (Phi) is 7.94. The van der Waals surface area contributed by atoms with E-state index in [9.17, 15) is 19.2 Å². The third-order valence-electron chi connectivity index (χ3n) is 5.45. The lowest BCUT2D eigenvalue weighted by Gasteiger charge is -2.32. The second-order valence-electron chi connectivity index (χ2n) is 10.3. The third-order valence-corrected chi connectivity index (χ3v) is 5.45. The maximum atomic E-state index is 13.0. The van der Waals surface area contributed by atoms with Crippen molar-refractivity contribution in [2.24, 2.45) is 5.92 Å². The van der Waals surface area contributed by atoms with E-state index in [1.165, 1.54) is 0 Å². The van der Waals surface area contributed by atoms with Crippen LogP contribution >= 0.6 is 0 Å². The number of ether oxygens (including phenoxy) is 1. The Labute approximate surface area is 185 Å². The molecule has 4 amide bonds. The van der Waals surface area contributed by atoms with Gasteiger partial charge >= 0.3 is 6.09 Å². The summed E-state index contributed by atoms with van der Waals surface area (Å²) < 4.78 is 5.16. The van der Waals surface area contributed by atoms with Crippen LogP contribution in [0.25, 0.3) is 0 Å². The summed E-state index contributed by atoms with van der Waals surface area (Å²) in [5.74, 6) is -0.344. The van der Waals surface area contributed by atoms with Gasteiger partial charge in [0.2, 0.25) is 17.7 Å². The van der Waals surface area contributed by atoms with Crippen LogP contribution in [0.4, 0.5) is 4.79 Å². The second-order valence-corrected chi connectivity index (χ2v) is 10.3.